The van der Waals surface area contributed by atoms with Gasteiger partial charge in [0.2, 0.25) is 5.91 Å². The number of para-hydroxylation sites is 1. The van der Waals surface area contributed by atoms with E-state index in [0.29, 0.717) is 33.6 Å². The number of nitrogens with zero attached hydrogens (tertiary/aromatic N) is 4. The number of amides is 1. The SMILES string of the molecule is CCCCn1c(SCC(=O)Nc2ccccc2Cl)nc2c1c(=O)n(C)c(=O)n2C. The highest BCUT2D eigenvalue weighted by Gasteiger charge is 2.20. The van der Waals surface area contributed by atoms with Crippen LogP contribution in [-0.2, 0) is 25.4 Å². The first kappa shape index (κ1) is 21.2. The minimum atomic E-state index is -0.435. The van der Waals surface area contributed by atoms with E-state index in [9.17, 15) is 14.4 Å². The Hall–Kier alpha value is -2.52. The number of nitrogens with one attached hydrogen (secondary N) is 1. The Morgan fingerprint density at radius 1 is 1.21 bits per heavy atom. The summed E-state index contributed by atoms with van der Waals surface area (Å²) in [5.41, 5.74) is 0.408. The van der Waals surface area contributed by atoms with Gasteiger partial charge in [-0.25, -0.2) is 9.78 Å². The second kappa shape index (κ2) is 8.87. The van der Waals surface area contributed by atoms with E-state index in [1.54, 1.807) is 35.9 Å². The number of hydrogen-bond acceptors (Lipinski definition) is 5. The lowest BCUT2D eigenvalue weighted by atomic mass is 10.3. The Balaban J connectivity index is 1.92. The molecule has 8 nitrogen and oxygen atoms in total. The second-order valence-electron chi connectivity index (χ2n) is 6.59. The lowest BCUT2D eigenvalue weighted by Crippen LogP contribution is -2.37. The number of unbranched alkanes of at least 4 members (excludes halogenated alkanes) is 1. The molecule has 1 amide bonds. The van der Waals surface area contributed by atoms with E-state index in [2.05, 4.69) is 17.2 Å². The molecule has 0 saturated carbocycles. The first-order valence-electron chi connectivity index (χ1n) is 9.18. The number of thioether (sulfide) groups is 1. The first-order chi connectivity index (χ1) is 13.8. The van der Waals surface area contributed by atoms with Crippen molar-refractivity contribution in [2.24, 2.45) is 14.1 Å². The van der Waals surface area contributed by atoms with E-state index in [4.69, 9.17) is 11.6 Å². The van der Waals surface area contributed by atoms with Crippen LogP contribution in [0.3, 0.4) is 0 Å². The van der Waals surface area contributed by atoms with Gasteiger partial charge in [-0.1, -0.05) is 48.8 Å². The molecule has 154 valence electrons. The maximum absolute atomic E-state index is 12.7. The molecule has 0 atom stereocenters. The molecular weight excluding hydrogens is 414 g/mol. The zero-order chi connectivity index (χ0) is 21.1. The molecule has 0 radical (unpaired) electrons. The predicted octanol–water partition coefficient (Wildman–Crippen LogP) is 2.62. The first-order valence-corrected chi connectivity index (χ1v) is 10.5. The van der Waals surface area contributed by atoms with E-state index >= 15 is 0 Å². The summed E-state index contributed by atoms with van der Waals surface area (Å²) in [5, 5.41) is 3.75. The Bertz CT molecular complexity index is 1180. The van der Waals surface area contributed by atoms with Gasteiger partial charge >= 0.3 is 5.69 Å². The van der Waals surface area contributed by atoms with Gasteiger partial charge in [0.1, 0.15) is 0 Å². The van der Waals surface area contributed by atoms with Gasteiger partial charge in [0.05, 0.1) is 16.5 Å². The van der Waals surface area contributed by atoms with E-state index in [1.165, 1.54) is 23.4 Å². The Kier molecular flexibility index (Phi) is 6.49. The zero-order valence-electron chi connectivity index (χ0n) is 16.4. The second-order valence-corrected chi connectivity index (χ2v) is 7.94. The van der Waals surface area contributed by atoms with Crippen molar-refractivity contribution in [3.05, 3.63) is 50.1 Å². The molecule has 2 heterocycles. The van der Waals surface area contributed by atoms with Gasteiger partial charge in [-0.2, -0.15) is 0 Å². The Morgan fingerprint density at radius 3 is 2.62 bits per heavy atom. The third kappa shape index (κ3) is 4.25. The number of carbonyl (C=O) groups excluding carboxylic acids is 1. The largest absolute Gasteiger partial charge is 0.332 e. The molecule has 1 aromatic carbocycles. The number of fused-ring (bicyclic) bond motifs is 1. The van der Waals surface area contributed by atoms with Crippen molar-refractivity contribution in [3.8, 4) is 0 Å². The maximum atomic E-state index is 12.7. The standard InChI is InChI=1S/C19H22ClN5O3S/c1-4-5-10-25-15-16(23(2)19(28)24(3)17(15)27)22-18(25)29-11-14(26)21-13-9-7-6-8-12(13)20/h6-9H,4-5,10-11H2,1-3H3,(H,21,26). The van der Waals surface area contributed by atoms with Crippen molar-refractivity contribution >= 4 is 46.1 Å². The molecule has 0 spiro atoms. The van der Waals surface area contributed by atoms with Crippen LogP contribution in [0.4, 0.5) is 5.69 Å². The van der Waals surface area contributed by atoms with Gasteiger partial charge in [0.15, 0.2) is 16.3 Å². The number of aromatic nitrogens is 4. The van der Waals surface area contributed by atoms with Crippen molar-refractivity contribution in [2.45, 2.75) is 31.5 Å². The average Bonchev–Trinajstić information content (AvgIpc) is 3.08. The highest BCUT2D eigenvalue weighted by molar-refractivity contribution is 7.99. The summed E-state index contributed by atoms with van der Waals surface area (Å²) >= 11 is 7.30. The van der Waals surface area contributed by atoms with Crippen molar-refractivity contribution in [1.82, 2.24) is 18.7 Å². The van der Waals surface area contributed by atoms with Crippen molar-refractivity contribution in [3.63, 3.8) is 0 Å². The van der Waals surface area contributed by atoms with Gasteiger partial charge in [0.25, 0.3) is 5.56 Å². The lowest BCUT2D eigenvalue weighted by molar-refractivity contribution is -0.113. The summed E-state index contributed by atoms with van der Waals surface area (Å²) in [6, 6.07) is 6.99. The van der Waals surface area contributed by atoms with Crippen molar-refractivity contribution < 1.29 is 4.79 Å². The van der Waals surface area contributed by atoms with E-state index < -0.39 is 5.69 Å². The molecule has 0 fully saturated rings. The molecule has 3 aromatic rings. The molecule has 29 heavy (non-hydrogen) atoms. The van der Waals surface area contributed by atoms with Crippen molar-refractivity contribution in [1.29, 1.82) is 0 Å². The third-order valence-electron chi connectivity index (χ3n) is 4.53. The predicted molar refractivity (Wildman–Crippen MR) is 116 cm³/mol. The minimum Gasteiger partial charge on any atom is -0.324 e. The smallest absolute Gasteiger partial charge is 0.324 e. The summed E-state index contributed by atoms with van der Waals surface area (Å²) < 4.78 is 4.23. The fraction of sp³-hybridized carbons (Fsp3) is 0.368. The quantitative estimate of drug-likeness (QED) is 0.576. The molecule has 2 aromatic heterocycles. The highest BCUT2D eigenvalue weighted by atomic mass is 35.5. The van der Waals surface area contributed by atoms with Crippen LogP contribution in [0.15, 0.2) is 39.0 Å². The van der Waals surface area contributed by atoms with Crippen molar-refractivity contribution in [2.75, 3.05) is 11.1 Å². The number of imidazole rings is 1. The van der Waals surface area contributed by atoms with Gasteiger partial charge in [-0.15, -0.1) is 0 Å². The van der Waals surface area contributed by atoms with E-state index in [0.717, 1.165) is 17.4 Å². The van der Waals surface area contributed by atoms with Crippen LogP contribution in [0.2, 0.25) is 5.02 Å². The summed E-state index contributed by atoms with van der Waals surface area (Å²) in [6.45, 7) is 2.63. The molecule has 0 aliphatic carbocycles. The maximum Gasteiger partial charge on any atom is 0.332 e. The summed E-state index contributed by atoms with van der Waals surface area (Å²) in [5.74, 6) is -0.145. The monoisotopic (exact) mass is 435 g/mol. The van der Waals surface area contributed by atoms with E-state index in [1.807, 2.05) is 0 Å². The fourth-order valence-corrected chi connectivity index (χ4v) is 3.94. The number of benzene rings is 1. The number of anilines is 1. The summed E-state index contributed by atoms with van der Waals surface area (Å²) in [4.78, 5) is 41.8. The van der Waals surface area contributed by atoms with Crippen LogP contribution < -0.4 is 16.6 Å². The normalized spacial score (nSPS) is 11.2. The van der Waals surface area contributed by atoms with Gasteiger partial charge in [-0.05, 0) is 18.6 Å². The van der Waals surface area contributed by atoms with Gasteiger partial charge in [-0.3, -0.25) is 18.7 Å². The number of rotatable bonds is 7. The highest BCUT2D eigenvalue weighted by Crippen LogP contribution is 2.24. The third-order valence-corrected chi connectivity index (χ3v) is 5.83. The minimum absolute atomic E-state index is 0.0922. The topological polar surface area (TPSA) is 90.9 Å². The average molecular weight is 436 g/mol. The van der Waals surface area contributed by atoms with E-state index in [-0.39, 0.29) is 17.2 Å². The number of hydrogen-bond donors (Lipinski definition) is 1. The molecule has 0 aliphatic rings. The summed E-state index contributed by atoms with van der Waals surface area (Å²) in [7, 11) is 3.03. The Labute approximate surface area is 176 Å². The van der Waals surface area contributed by atoms with Crippen LogP contribution in [0.25, 0.3) is 11.2 Å². The van der Waals surface area contributed by atoms with Crippen LogP contribution in [0, 0.1) is 0 Å². The van der Waals surface area contributed by atoms with Crippen LogP contribution in [0.5, 0.6) is 0 Å². The molecule has 0 aliphatic heterocycles. The Morgan fingerprint density at radius 2 is 1.93 bits per heavy atom. The fourth-order valence-electron chi connectivity index (χ4n) is 2.94. The zero-order valence-corrected chi connectivity index (χ0v) is 18.0. The molecule has 10 heteroatoms. The molecule has 1 N–H and O–H groups in total. The molecule has 0 saturated heterocycles. The van der Waals surface area contributed by atoms with Crippen LogP contribution >= 0.6 is 23.4 Å². The van der Waals surface area contributed by atoms with Crippen LogP contribution in [-0.4, -0.2) is 30.3 Å². The van der Waals surface area contributed by atoms with Gasteiger partial charge < -0.3 is 9.88 Å². The number of aryl methyl sites for hydroxylation is 2. The molecule has 3 rings (SSSR count). The van der Waals surface area contributed by atoms with Crippen LogP contribution in [0.1, 0.15) is 19.8 Å². The van der Waals surface area contributed by atoms with Gasteiger partial charge in [0, 0.05) is 20.6 Å². The summed E-state index contributed by atoms with van der Waals surface area (Å²) in [6.07, 6.45) is 1.78. The lowest BCUT2D eigenvalue weighted by Gasteiger charge is -2.09. The molecule has 0 bridgehead atoms. The molecule has 0 unspecified atom stereocenters. The molecular formula is C19H22ClN5O3S. The number of halogens is 1. The number of carbonyl (C=O) groups is 1.